The summed E-state index contributed by atoms with van der Waals surface area (Å²) >= 11 is 0. The predicted molar refractivity (Wildman–Crippen MR) is 111 cm³/mol. The molecule has 0 bridgehead atoms. The second-order valence-corrected chi connectivity index (χ2v) is 7.75. The number of ether oxygens (including phenoxy) is 1. The largest absolute Gasteiger partial charge is 0.442 e. The molecule has 0 unspecified atom stereocenters. The second kappa shape index (κ2) is 7.24. The van der Waals surface area contributed by atoms with Gasteiger partial charge in [-0.1, -0.05) is 16.5 Å². The van der Waals surface area contributed by atoms with Gasteiger partial charge in [0.25, 0.3) is 0 Å². The minimum Gasteiger partial charge on any atom is -0.442 e. The van der Waals surface area contributed by atoms with E-state index in [0.29, 0.717) is 24.5 Å². The molecule has 32 heavy (non-hydrogen) atoms. The average molecular weight is 430 g/mol. The van der Waals surface area contributed by atoms with Gasteiger partial charge in [-0.15, -0.1) is 10.2 Å². The summed E-state index contributed by atoms with van der Waals surface area (Å²) in [5.74, 6) is 0.612. The van der Waals surface area contributed by atoms with E-state index in [1.807, 2.05) is 24.3 Å². The Labute approximate surface area is 181 Å². The van der Waals surface area contributed by atoms with Crippen molar-refractivity contribution in [1.82, 2.24) is 35.0 Å². The van der Waals surface area contributed by atoms with E-state index in [-0.39, 0.29) is 24.8 Å². The molecule has 0 saturated carbocycles. The highest BCUT2D eigenvalue weighted by Gasteiger charge is 2.47. The molecule has 11 heteroatoms. The number of carbonyl (C=O) groups is 1. The van der Waals surface area contributed by atoms with Gasteiger partial charge in [0.1, 0.15) is 11.8 Å². The van der Waals surface area contributed by atoms with Crippen LogP contribution in [0.25, 0.3) is 16.9 Å². The third-order valence-electron chi connectivity index (χ3n) is 5.84. The van der Waals surface area contributed by atoms with Gasteiger partial charge in [-0.25, -0.2) is 19.1 Å². The van der Waals surface area contributed by atoms with E-state index >= 15 is 0 Å². The number of rotatable bonds is 5. The smallest absolute Gasteiger partial charge is 0.415 e. The van der Waals surface area contributed by atoms with Crippen LogP contribution in [-0.4, -0.2) is 58.3 Å². The Morgan fingerprint density at radius 2 is 2.06 bits per heavy atom. The monoisotopic (exact) mass is 430 g/mol. The van der Waals surface area contributed by atoms with Gasteiger partial charge >= 0.3 is 6.09 Å². The number of anilines is 1. The van der Waals surface area contributed by atoms with Crippen LogP contribution in [0.2, 0.25) is 0 Å². The summed E-state index contributed by atoms with van der Waals surface area (Å²) in [6.07, 6.45) is 6.88. The zero-order valence-corrected chi connectivity index (χ0v) is 16.8. The third-order valence-corrected chi connectivity index (χ3v) is 5.84. The van der Waals surface area contributed by atoms with E-state index in [0.717, 1.165) is 22.4 Å². The highest BCUT2D eigenvalue weighted by atomic mass is 16.6. The van der Waals surface area contributed by atoms with Crippen LogP contribution in [0.4, 0.5) is 10.5 Å². The van der Waals surface area contributed by atoms with Crippen molar-refractivity contribution in [2.75, 3.05) is 4.90 Å². The van der Waals surface area contributed by atoms with Crippen molar-refractivity contribution in [3.8, 4) is 16.9 Å². The Bertz CT molecular complexity index is 1280. The van der Waals surface area contributed by atoms with Gasteiger partial charge in [0, 0.05) is 18.0 Å². The SMILES string of the molecule is O=C1O[C@@H](Cn2ccnn2)[C@@H]2Cc3cc(-c4ccc(-n5cc(CO)nn5)nc4)ccc3N12. The van der Waals surface area contributed by atoms with Crippen LogP contribution in [0.1, 0.15) is 11.3 Å². The topological polar surface area (TPSA) is 124 Å². The lowest BCUT2D eigenvalue weighted by Crippen LogP contribution is -2.35. The maximum absolute atomic E-state index is 12.5. The molecule has 1 saturated heterocycles. The molecule has 1 amide bonds. The molecule has 2 aliphatic heterocycles. The number of pyridine rings is 1. The molecule has 4 aromatic rings. The lowest BCUT2D eigenvalue weighted by molar-refractivity contribution is 0.117. The van der Waals surface area contributed by atoms with Crippen molar-refractivity contribution in [3.63, 3.8) is 0 Å². The molecule has 1 aromatic carbocycles. The summed E-state index contributed by atoms with van der Waals surface area (Å²) in [7, 11) is 0. The Balaban J connectivity index is 1.25. The van der Waals surface area contributed by atoms with E-state index in [1.165, 1.54) is 4.68 Å². The molecular formula is C21H18N8O3. The van der Waals surface area contributed by atoms with Gasteiger partial charge in [-0.05, 0) is 41.8 Å². The van der Waals surface area contributed by atoms with E-state index in [4.69, 9.17) is 9.84 Å². The quantitative estimate of drug-likeness (QED) is 0.503. The summed E-state index contributed by atoms with van der Waals surface area (Å²) < 4.78 is 8.80. The number of hydrogen-bond acceptors (Lipinski definition) is 8. The molecule has 3 aromatic heterocycles. The first kappa shape index (κ1) is 18.6. The van der Waals surface area contributed by atoms with Gasteiger partial charge in [-0.2, -0.15) is 0 Å². The Kier molecular flexibility index (Phi) is 4.21. The number of benzene rings is 1. The normalized spacial score (nSPS) is 19.2. The Morgan fingerprint density at radius 3 is 2.81 bits per heavy atom. The van der Waals surface area contributed by atoms with Gasteiger partial charge in [0.15, 0.2) is 5.82 Å². The lowest BCUT2D eigenvalue weighted by Gasteiger charge is -2.16. The summed E-state index contributed by atoms with van der Waals surface area (Å²) in [6.45, 7) is 0.303. The summed E-state index contributed by atoms with van der Waals surface area (Å²) in [5, 5.41) is 24.8. The lowest BCUT2D eigenvalue weighted by atomic mass is 10.0. The molecule has 1 N–H and O–H groups in total. The molecule has 0 spiro atoms. The van der Waals surface area contributed by atoms with E-state index in [2.05, 4.69) is 31.7 Å². The van der Waals surface area contributed by atoms with Crippen LogP contribution in [0.15, 0.2) is 55.1 Å². The molecule has 5 heterocycles. The number of aliphatic hydroxyl groups is 1. The number of carbonyl (C=O) groups excluding carboxylic acids is 1. The number of aliphatic hydroxyl groups excluding tert-OH is 1. The molecule has 6 rings (SSSR count). The first-order valence-electron chi connectivity index (χ1n) is 10.2. The van der Waals surface area contributed by atoms with Gasteiger partial charge < -0.3 is 9.84 Å². The molecule has 0 aliphatic carbocycles. The fraction of sp³-hybridized carbons (Fsp3) is 0.238. The van der Waals surface area contributed by atoms with Crippen LogP contribution in [0, 0.1) is 0 Å². The maximum atomic E-state index is 12.5. The van der Waals surface area contributed by atoms with Gasteiger partial charge in [0.2, 0.25) is 0 Å². The number of hydrogen-bond donors (Lipinski definition) is 1. The second-order valence-electron chi connectivity index (χ2n) is 7.75. The van der Waals surface area contributed by atoms with Crippen LogP contribution >= 0.6 is 0 Å². The molecular weight excluding hydrogens is 412 g/mol. The molecule has 2 aliphatic rings. The predicted octanol–water partition coefficient (Wildman–Crippen LogP) is 1.36. The van der Waals surface area contributed by atoms with Crippen molar-refractivity contribution >= 4 is 11.8 Å². The number of fused-ring (bicyclic) bond motifs is 3. The fourth-order valence-electron chi connectivity index (χ4n) is 4.30. The zero-order chi connectivity index (χ0) is 21.7. The number of amides is 1. The van der Waals surface area contributed by atoms with Crippen molar-refractivity contribution in [2.24, 2.45) is 0 Å². The van der Waals surface area contributed by atoms with Crippen molar-refractivity contribution in [2.45, 2.75) is 31.7 Å². The highest BCUT2D eigenvalue weighted by molar-refractivity contribution is 5.94. The minimum absolute atomic E-state index is 0.0644. The summed E-state index contributed by atoms with van der Waals surface area (Å²) in [4.78, 5) is 18.7. The first-order valence-corrected chi connectivity index (χ1v) is 10.2. The minimum atomic E-state index is -0.326. The number of cyclic esters (lactones) is 1. The molecule has 2 atom stereocenters. The number of nitrogens with zero attached hydrogens (tertiary/aromatic N) is 8. The van der Waals surface area contributed by atoms with Crippen molar-refractivity contribution in [1.29, 1.82) is 0 Å². The average Bonchev–Trinajstić information content (AvgIpc) is 3.60. The van der Waals surface area contributed by atoms with E-state index in [9.17, 15) is 4.79 Å². The highest BCUT2D eigenvalue weighted by Crippen LogP contribution is 2.40. The van der Waals surface area contributed by atoms with Crippen LogP contribution in [-0.2, 0) is 24.3 Å². The first-order chi connectivity index (χ1) is 15.7. The summed E-state index contributed by atoms with van der Waals surface area (Å²) in [5.41, 5.74) is 4.43. The van der Waals surface area contributed by atoms with Crippen LogP contribution in [0.3, 0.4) is 0 Å². The van der Waals surface area contributed by atoms with Gasteiger partial charge in [0.05, 0.1) is 37.3 Å². The van der Waals surface area contributed by atoms with Gasteiger partial charge in [-0.3, -0.25) is 4.90 Å². The van der Waals surface area contributed by atoms with E-state index < -0.39 is 0 Å². The van der Waals surface area contributed by atoms with Crippen molar-refractivity contribution in [3.05, 3.63) is 66.4 Å². The van der Waals surface area contributed by atoms with E-state index in [1.54, 1.807) is 34.4 Å². The molecule has 160 valence electrons. The molecule has 0 radical (unpaired) electrons. The summed E-state index contributed by atoms with van der Waals surface area (Å²) in [6, 6.07) is 9.79. The molecule has 1 fully saturated rings. The maximum Gasteiger partial charge on any atom is 0.415 e. The van der Waals surface area contributed by atoms with Crippen LogP contribution in [0.5, 0.6) is 0 Å². The standard InChI is InChI=1S/C21H18N8O3/c30-12-16-10-28(26-24-16)20-4-2-14(9-22-20)13-1-3-17-15(7-13)8-18-19(32-21(31)29(17)18)11-27-6-5-23-25-27/h1-7,9-10,18-19,30H,8,11-12H2/t18-,19-/m0/s1. The van der Waals surface area contributed by atoms with Crippen LogP contribution < -0.4 is 4.90 Å². The Morgan fingerprint density at radius 1 is 1.16 bits per heavy atom. The zero-order valence-electron chi connectivity index (χ0n) is 16.8. The van der Waals surface area contributed by atoms with Crippen molar-refractivity contribution < 1.29 is 14.6 Å². The fourth-order valence-corrected chi connectivity index (χ4v) is 4.30. The molecule has 11 nitrogen and oxygen atoms in total. The number of aromatic nitrogens is 7. The Hall–Kier alpha value is -4.12. The third kappa shape index (κ3) is 3.02.